The molecule has 0 aliphatic carbocycles. The van der Waals surface area contributed by atoms with Gasteiger partial charge in [-0.1, -0.05) is 210 Å². The van der Waals surface area contributed by atoms with E-state index in [1.54, 1.807) is 13.8 Å². The number of hydrogen-bond donors (Lipinski definition) is 1. The first-order valence-electron chi connectivity index (χ1n) is 18.8. The van der Waals surface area contributed by atoms with Gasteiger partial charge in [0.15, 0.2) is 10.8 Å². The summed E-state index contributed by atoms with van der Waals surface area (Å²) in [6.45, 7) is 0.159. The summed E-state index contributed by atoms with van der Waals surface area (Å²) in [6.07, 6.45) is 0. The van der Waals surface area contributed by atoms with Gasteiger partial charge >= 0.3 is 0 Å². The van der Waals surface area contributed by atoms with E-state index in [4.69, 9.17) is 47.4 Å². The minimum Gasteiger partial charge on any atom is -0.374 e. The Bertz CT molecular complexity index is 2290. The minimum atomic E-state index is -3.66. The number of carbonyl (C=O) groups excluding carboxylic acids is 1. The van der Waals surface area contributed by atoms with E-state index in [2.05, 4.69) is 41.7 Å². The molecule has 0 bridgehead atoms. The summed E-state index contributed by atoms with van der Waals surface area (Å²) in [5.74, 6) is 0. The van der Waals surface area contributed by atoms with Crippen molar-refractivity contribution in [3.63, 3.8) is 0 Å². The number of hydrogen-bond acceptors (Lipinski definition) is 9. The van der Waals surface area contributed by atoms with Gasteiger partial charge < -0.3 is 19.2 Å². The molecule has 0 aliphatic heterocycles. The van der Waals surface area contributed by atoms with Gasteiger partial charge in [0, 0.05) is 16.7 Å². The summed E-state index contributed by atoms with van der Waals surface area (Å²) < 4.78 is 12.1. The van der Waals surface area contributed by atoms with E-state index >= 15 is 0 Å². The lowest BCUT2D eigenvalue weighted by Crippen LogP contribution is -2.38. The lowest BCUT2D eigenvalue weighted by Gasteiger charge is -2.36. The Labute approximate surface area is 353 Å². The zero-order valence-corrected chi connectivity index (χ0v) is 35.2. The first-order valence-corrected chi connectivity index (χ1v) is 22.7. The van der Waals surface area contributed by atoms with Crippen LogP contribution < -0.4 is 5.32 Å². The maximum absolute atomic E-state index is 15.0. The highest BCUT2D eigenvalue weighted by Crippen LogP contribution is 2.52. The molecule has 0 spiro atoms. The number of nitrogens with zero attached hydrogens (tertiary/aromatic N) is 2. The number of oxime groups is 1. The molecule has 7 rings (SSSR count). The number of benzene rings is 6. The van der Waals surface area contributed by atoms with Crippen LogP contribution in [0.1, 0.15) is 52.9 Å². The summed E-state index contributed by atoms with van der Waals surface area (Å²) >= 11 is 14.3. The van der Waals surface area contributed by atoms with Crippen molar-refractivity contribution in [2.45, 2.75) is 25.0 Å². The van der Waals surface area contributed by atoms with Gasteiger partial charge in [-0.15, -0.1) is 0 Å². The van der Waals surface area contributed by atoms with E-state index in [0.29, 0.717) is 5.13 Å². The summed E-state index contributed by atoms with van der Waals surface area (Å²) in [7, 11) is 0. The number of rotatable bonds is 17. The van der Waals surface area contributed by atoms with E-state index in [1.807, 2.05) is 146 Å². The zero-order chi connectivity index (χ0) is 40.4. The molecule has 0 saturated heterocycles. The van der Waals surface area contributed by atoms with Crippen molar-refractivity contribution in [1.82, 2.24) is 4.98 Å². The Morgan fingerprint density at radius 2 is 0.983 bits per heavy atom. The standard InChI is InChI=1S/C47H41ClN3O4PS2/c1-3-53-56(57,54-4-2)44(52)42(51-55-47(38-29-17-8-18-30-38,39-31-19-9-20-32-39)40-33-21-10-22-34-40)41-43(48)58-45(49-41)50-46(35-23-11-5-12-24-35,36-25-13-6-14-26-36)37-27-15-7-16-28-37/h5-34H,3-4H2,1-2H3,(H,49,50). The van der Waals surface area contributed by atoms with E-state index in [9.17, 15) is 4.79 Å². The molecule has 7 aromatic rings. The smallest absolute Gasteiger partial charge is 0.270 e. The first-order chi connectivity index (χ1) is 28.4. The fourth-order valence-electron chi connectivity index (χ4n) is 7.04. The van der Waals surface area contributed by atoms with E-state index in [-0.39, 0.29) is 29.0 Å². The Balaban J connectivity index is 1.44. The van der Waals surface area contributed by atoms with Gasteiger partial charge in [0.2, 0.25) is 5.60 Å². The van der Waals surface area contributed by atoms with Gasteiger partial charge in [0.1, 0.15) is 15.6 Å². The number of nitrogens with one attached hydrogen (secondary N) is 1. The van der Waals surface area contributed by atoms with Crippen LogP contribution >= 0.6 is 29.4 Å². The Morgan fingerprint density at radius 3 is 1.33 bits per heavy atom. The maximum Gasteiger partial charge on any atom is 0.270 e. The van der Waals surface area contributed by atoms with Crippen molar-refractivity contribution in [1.29, 1.82) is 0 Å². The second-order valence-electron chi connectivity index (χ2n) is 13.1. The van der Waals surface area contributed by atoms with Crippen molar-refractivity contribution >= 4 is 57.6 Å². The number of halogens is 1. The van der Waals surface area contributed by atoms with Crippen LogP contribution in [0.15, 0.2) is 187 Å². The van der Waals surface area contributed by atoms with Crippen molar-refractivity contribution in [2.24, 2.45) is 5.16 Å². The summed E-state index contributed by atoms with van der Waals surface area (Å²) in [6, 6.07) is 59.7. The van der Waals surface area contributed by atoms with Crippen molar-refractivity contribution in [2.75, 3.05) is 18.5 Å². The molecule has 11 heteroatoms. The molecule has 6 aromatic carbocycles. The normalized spacial score (nSPS) is 12.2. The molecule has 58 heavy (non-hydrogen) atoms. The van der Waals surface area contributed by atoms with Gasteiger partial charge in [0.05, 0.1) is 13.2 Å². The van der Waals surface area contributed by atoms with Crippen LogP contribution in [0, 0.1) is 0 Å². The number of carbonyl (C=O) groups is 1. The monoisotopic (exact) mass is 841 g/mol. The van der Waals surface area contributed by atoms with Crippen molar-refractivity contribution in [3.05, 3.63) is 225 Å². The molecule has 0 atom stereocenters. The van der Waals surface area contributed by atoms with Crippen molar-refractivity contribution < 1.29 is 18.7 Å². The van der Waals surface area contributed by atoms with Gasteiger partial charge in [0.25, 0.3) is 12.0 Å². The van der Waals surface area contributed by atoms with E-state index in [0.717, 1.165) is 33.4 Å². The molecule has 0 fully saturated rings. The maximum atomic E-state index is 15.0. The molecule has 1 heterocycles. The molecule has 0 aliphatic rings. The summed E-state index contributed by atoms with van der Waals surface area (Å²) in [5.41, 5.74) is 2.20. The molecule has 1 aromatic heterocycles. The van der Waals surface area contributed by atoms with Crippen LogP contribution in [0.25, 0.3) is 0 Å². The average Bonchev–Trinajstić information content (AvgIpc) is 3.65. The van der Waals surface area contributed by atoms with Gasteiger partial charge in [-0.2, -0.15) is 0 Å². The quantitative estimate of drug-likeness (QED) is 0.0423. The number of anilines is 1. The highest BCUT2D eigenvalue weighted by Gasteiger charge is 2.43. The molecular weight excluding hydrogens is 801 g/mol. The summed E-state index contributed by atoms with van der Waals surface area (Å²) in [4.78, 5) is 26.9. The predicted octanol–water partition coefficient (Wildman–Crippen LogP) is 11.8. The van der Waals surface area contributed by atoms with Crippen LogP contribution in [-0.2, 0) is 41.6 Å². The van der Waals surface area contributed by atoms with Gasteiger partial charge in [-0.3, -0.25) is 4.79 Å². The van der Waals surface area contributed by atoms with E-state index < -0.39 is 23.2 Å². The summed E-state index contributed by atoms with van der Waals surface area (Å²) in [5, 5.41) is 8.97. The predicted molar refractivity (Wildman–Crippen MR) is 239 cm³/mol. The molecule has 0 amide bonds. The van der Waals surface area contributed by atoms with Gasteiger partial charge in [-0.25, -0.2) is 4.98 Å². The van der Waals surface area contributed by atoms with Crippen LogP contribution in [0.5, 0.6) is 0 Å². The number of aromatic nitrogens is 1. The van der Waals surface area contributed by atoms with Gasteiger partial charge in [-0.05, 0) is 42.3 Å². The largest absolute Gasteiger partial charge is 0.374 e. The zero-order valence-electron chi connectivity index (χ0n) is 31.9. The molecule has 0 radical (unpaired) electrons. The Hall–Kier alpha value is -5.25. The molecule has 0 unspecified atom stereocenters. The van der Waals surface area contributed by atoms with E-state index in [1.165, 1.54) is 11.3 Å². The molecule has 292 valence electrons. The lowest BCUT2D eigenvalue weighted by atomic mass is 9.77. The molecule has 0 saturated carbocycles. The molecule has 7 nitrogen and oxygen atoms in total. The third kappa shape index (κ3) is 8.20. The van der Waals surface area contributed by atoms with Crippen LogP contribution in [0.4, 0.5) is 5.13 Å². The lowest BCUT2D eigenvalue weighted by molar-refractivity contribution is -0.107. The molecule has 1 N–H and O–H groups in total. The van der Waals surface area contributed by atoms with Crippen LogP contribution in [-0.4, -0.2) is 29.4 Å². The van der Waals surface area contributed by atoms with Crippen LogP contribution in [0.3, 0.4) is 0 Å². The van der Waals surface area contributed by atoms with Crippen molar-refractivity contribution in [3.8, 4) is 0 Å². The Morgan fingerprint density at radius 1 is 0.638 bits per heavy atom. The number of thiazole rings is 1. The second-order valence-corrected chi connectivity index (χ2v) is 18.0. The topological polar surface area (TPSA) is 82.0 Å². The second kappa shape index (κ2) is 18.6. The molecular formula is C47H41ClN3O4PS2. The SMILES string of the molecule is CCOP(=S)(OCC)C(=O)C(=NOC(c1ccccc1)(c1ccccc1)c1ccccc1)c1nc(NC(c2ccccc2)(c2ccccc2)c2ccccc2)sc1Cl. The average molecular weight is 842 g/mol. The highest BCUT2D eigenvalue weighted by atomic mass is 35.5. The first kappa shape index (κ1) is 40.9. The highest BCUT2D eigenvalue weighted by molar-refractivity contribution is 8.18. The third-order valence-electron chi connectivity index (χ3n) is 9.59. The third-order valence-corrected chi connectivity index (χ3v) is 13.8. The fraction of sp³-hybridized carbons (Fsp3) is 0.128. The fourth-order valence-corrected chi connectivity index (χ4v) is 10.4. The van der Waals surface area contributed by atoms with Crippen LogP contribution in [0.2, 0.25) is 4.34 Å². The minimum absolute atomic E-state index is 0.0824. The Kier molecular flexibility index (Phi) is 13.1.